The van der Waals surface area contributed by atoms with Gasteiger partial charge in [-0.15, -0.1) is 0 Å². The van der Waals surface area contributed by atoms with Crippen molar-refractivity contribution in [3.8, 4) is 0 Å². The first kappa shape index (κ1) is 20.2. The Bertz CT molecular complexity index is 737. The highest BCUT2D eigenvalue weighted by Gasteiger charge is 2.54. The van der Waals surface area contributed by atoms with Gasteiger partial charge in [-0.25, -0.2) is 9.59 Å². The maximum atomic E-state index is 13.1. The fourth-order valence-electron chi connectivity index (χ4n) is 5.09. The third-order valence-electron chi connectivity index (χ3n) is 6.49. The van der Waals surface area contributed by atoms with Crippen LogP contribution in [-0.2, 0) is 20.9 Å². The molecule has 29 heavy (non-hydrogen) atoms. The van der Waals surface area contributed by atoms with E-state index in [1.54, 1.807) is 4.90 Å². The summed E-state index contributed by atoms with van der Waals surface area (Å²) in [7, 11) is 0. The number of esters is 1. The van der Waals surface area contributed by atoms with E-state index in [9.17, 15) is 9.59 Å². The molecule has 2 saturated carbocycles. The molecule has 5 rings (SSSR count). The second-order valence-corrected chi connectivity index (χ2v) is 10.0. The fourth-order valence-corrected chi connectivity index (χ4v) is 5.09. The molecule has 4 fully saturated rings. The van der Waals surface area contributed by atoms with Crippen LogP contribution in [0.15, 0.2) is 30.3 Å². The Morgan fingerprint density at radius 2 is 1.79 bits per heavy atom. The molecule has 2 heterocycles. The summed E-state index contributed by atoms with van der Waals surface area (Å²) >= 11 is 0. The van der Waals surface area contributed by atoms with Crippen LogP contribution >= 0.6 is 0 Å². The summed E-state index contributed by atoms with van der Waals surface area (Å²) in [6.07, 6.45) is 6.39. The molecule has 0 aromatic heterocycles. The van der Waals surface area contributed by atoms with E-state index in [2.05, 4.69) is 0 Å². The Kier molecular flexibility index (Phi) is 5.58. The molecule has 4 atom stereocenters. The Hall–Kier alpha value is -2.04. The molecule has 0 N–H and O–H groups in total. The average molecular weight is 400 g/mol. The molecule has 0 spiro atoms. The van der Waals surface area contributed by atoms with Crippen LogP contribution in [0.25, 0.3) is 0 Å². The molecular formula is C24H33NO4. The summed E-state index contributed by atoms with van der Waals surface area (Å²) in [6, 6.07) is 9.25. The van der Waals surface area contributed by atoms with E-state index in [0.717, 1.165) is 30.7 Å². The van der Waals surface area contributed by atoms with E-state index in [0.29, 0.717) is 5.92 Å². The van der Waals surface area contributed by atoms with Crippen LogP contribution in [-0.4, -0.2) is 34.6 Å². The number of ether oxygens (including phenoxy) is 2. The van der Waals surface area contributed by atoms with Gasteiger partial charge < -0.3 is 9.47 Å². The second kappa shape index (κ2) is 8.00. The Balaban J connectivity index is 1.51. The minimum atomic E-state index is -0.585. The molecule has 0 unspecified atom stereocenters. The number of fused-ring (bicyclic) bond motifs is 3. The van der Waals surface area contributed by atoms with Crippen molar-refractivity contribution in [1.29, 1.82) is 0 Å². The first-order valence-corrected chi connectivity index (χ1v) is 11.0. The number of rotatable bonds is 5. The SMILES string of the molecule is CC(C)(C)OC(=O)N1[C@H]2CC[C@H](C[C@@H]2CC2CC2)[C@@H]1C(=O)OCc1ccccc1. The van der Waals surface area contributed by atoms with Crippen molar-refractivity contribution in [2.75, 3.05) is 0 Å². The summed E-state index contributed by atoms with van der Waals surface area (Å²) in [6.45, 7) is 5.85. The van der Waals surface area contributed by atoms with Gasteiger partial charge in [0.15, 0.2) is 0 Å². The lowest BCUT2D eigenvalue weighted by atomic mass is 9.67. The topological polar surface area (TPSA) is 55.8 Å². The van der Waals surface area contributed by atoms with Crippen LogP contribution in [0.3, 0.4) is 0 Å². The third-order valence-corrected chi connectivity index (χ3v) is 6.49. The molecule has 1 amide bonds. The van der Waals surface area contributed by atoms with Crippen molar-refractivity contribution in [2.24, 2.45) is 17.8 Å². The largest absolute Gasteiger partial charge is 0.459 e. The predicted molar refractivity (Wildman–Crippen MR) is 110 cm³/mol. The van der Waals surface area contributed by atoms with Crippen molar-refractivity contribution in [3.05, 3.63) is 35.9 Å². The average Bonchev–Trinajstić information content (AvgIpc) is 3.49. The zero-order chi connectivity index (χ0) is 20.6. The summed E-state index contributed by atoms with van der Waals surface area (Å²) in [5, 5.41) is 0. The number of nitrogens with zero attached hydrogens (tertiary/aromatic N) is 1. The van der Waals surface area contributed by atoms with Gasteiger partial charge in [0.25, 0.3) is 0 Å². The lowest BCUT2D eigenvalue weighted by Crippen LogP contribution is -2.64. The normalized spacial score (nSPS) is 28.9. The zero-order valence-electron chi connectivity index (χ0n) is 17.8. The van der Waals surface area contributed by atoms with Gasteiger partial charge in [-0.05, 0) is 69.8 Å². The van der Waals surface area contributed by atoms with E-state index < -0.39 is 11.6 Å². The lowest BCUT2D eigenvalue weighted by molar-refractivity contribution is -0.163. The van der Waals surface area contributed by atoms with Gasteiger partial charge in [0.1, 0.15) is 18.2 Å². The molecule has 1 aromatic carbocycles. The van der Waals surface area contributed by atoms with Gasteiger partial charge in [0, 0.05) is 6.04 Å². The summed E-state index contributed by atoms with van der Waals surface area (Å²) < 4.78 is 11.4. The maximum absolute atomic E-state index is 13.1. The highest BCUT2D eigenvalue weighted by molar-refractivity contribution is 5.83. The summed E-state index contributed by atoms with van der Waals surface area (Å²) in [5.41, 5.74) is 0.371. The second-order valence-electron chi connectivity index (χ2n) is 10.0. The van der Waals surface area contributed by atoms with Crippen molar-refractivity contribution < 1.29 is 19.1 Å². The monoisotopic (exact) mass is 399 g/mol. The number of carbonyl (C=O) groups excluding carboxylic acids is 2. The Morgan fingerprint density at radius 3 is 2.45 bits per heavy atom. The molecule has 5 heteroatoms. The molecule has 1 aromatic rings. The van der Waals surface area contributed by atoms with Gasteiger partial charge in [0.05, 0.1) is 0 Å². The Morgan fingerprint density at radius 1 is 1.07 bits per heavy atom. The quantitative estimate of drug-likeness (QED) is 0.659. The minimum absolute atomic E-state index is 0.0877. The van der Waals surface area contributed by atoms with Gasteiger partial charge in [0.2, 0.25) is 0 Å². The molecular weight excluding hydrogens is 366 g/mol. The number of carbonyl (C=O) groups is 2. The zero-order valence-corrected chi connectivity index (χ0v) is 17.8. The number of hydrogen-bond acceptors (Lipinski definition) is 4. The third kappa shape index (κ3) is 4.76. The van der Waals surface area contributed by atoms with Crippen LogP contribution < -0.4 is 0 Å². The first-order chi connectivity index (χ1) is 13.8. The molecule has 158 valence electrons. The van der Waals surface area contributed by atoms with E-state index in [1.165, 1.54) is 19.3 Å². The van der Waals surface area contributed by atoms with Crippen molar-refractivity contribution in [3.63, 3.8) is 0 Å². The van der Waals surface area contributed by atoms with Crippen LogP contribution in [0, 0.1) is 17.8 Å². The molecule has 2 bridgehead atoms. The first-order valence-electron chi connectivity index (χ1n) is 11.0. The van der Waals surface area contributed by atoms with Crippen molar-refractivity contribution in [1.82, 2.24) is 4.90 Å². The van der Waals surface area contributed by atoms with E-state index in [4.69, 9.17) is 9.47 Å². The fraction of sp³-hybridized carbons (Fsp3) is 0.667. The predicted octanol–water partition coefficient (Wildman–Crippen LogP) is 4.93. The molecule has 0 radical (unpaired) electrons. The van der Waals surface area contributed by atoms with Gasteiger partial charge in [-0.2, -0.15) is 0 Å². The molecule has 5 nitrogen and oxygen atoms in total. The van der Waals surface area contributed by atoms with Gasteiger partial charge in [-0.1, -0.05) is 43.2 Å². The maximum Gasteiger partial charge on any atom is 0.411 e. The molecule has 2 saturated heterocycles. The highest BCUT2D eigenvalue weighted by Crippen LogP contribution is 2.49. The van der Waals surface area contributed by atoms with Crippen LogP contribution in [0.2, 0.25) is 0 Å². The van der Waals surface area contributed by atoms with Gasteiger partial charge >= 0.3 is 12.1 Å². The summed E-state index contributed by atoms with van der Waals surface area (Å²) in [4.78, 5) is 28.0. The minimum Gasteiger partial charge on any atom is -0.459 e. The standard InChI is InChI=1S/C24H33NO4/c1-24(2,3)29-23(27)25-20-12-11-18(14-19(20)13-16-9-10-16)21(25)22(26)28-15-17-7-5-4-6-8-17/h4-8,16,18-21H,9-15H2,1-3H3/t18-,19+,20+,21-/m1/s1. The molecule has 4 aliphatic rings. The van der Waals surface area contributed by atoms with Crippen LogP contribution in [0.4, 0.5) is 4.79 Å². The number of piperidine rings is 2. The van der Waals surface area contributed by atoms with Crippen molar-refractivity contribution >= 4 is 12.1 Å². The van der Waals surface area contributed by atoms with Gasteiger partial charge in [-0.3, -0.25) is 4.90 Å². The Labute approximate surface area is 173 Å². The number of benzene rings is 1. The van der Waals surface area contributed by atoms with Crippen LogP contribution in [0.1, 0.15) is 64.9 Å². The molecule has 2 aliphatic heterocycles. The molecule has 2 aliphatic carbocycles. The number of amides is 1. The van der Waals surface area contributed by atoms with E-state index >= 15 is 0 Å². The number of hydrogen-bond donors (Lipinski definition) is 0. The van der Waals surface area contributed by atoms with E-state index in [-0.39, 0.29) is 30.6 Å². The van der Waals surface area contributed by atoms with E-state index in [1.807, 2.05) is 51.1 Å². The van der Waals surface area contributed by atoms with Crippen molar-refractivity contribution in [2.45, 2.75) is 83.6 Å². The highest BCUT2D eigenvalue weighted by atomic mass is 16.6. The van der Waals surface area contributed by atoms with Crippen LogP contribution in [0.5, 0.6) is 0 Å². The smallest absolute Gasteiger partial charge is 0.411 e. The summed E-state index contributed by atoms with van der Waals surface area (Å²) in [5.74, 6) is 1.16. The lowest BCUT2D eigenvalue weighted by Gasteiger charge is -2.53.